The van der Waals surface area contributed by atoms with Gasteiger partial charge in [-0.05, 0) is 34.4 Å². The summed E-state index contributed by atoms with van der Waals surface area (Å²) in [4.78, 5) is 2.59. The highest BCUT2D eigenvalue weighted by Crippen LogP contribution is 2.14. The zero-order valence-corrected chi connectivity index (χ0v) is 9.61. The van der Waals surface area contributed by atoms with Gasteiger partial charge < -0.3 is 11.2 Å². The quantitative estimate of drug-likeness (QED) is 0.761. The van der Waals surface area contributed by atoms with Gasteiger partial charge >= 0.3 is 0 Å². The topological polar surface area (TPSA) is 81.7 Å². The van der Waals surface area contributed by atoms with E-state index in [1.807, 2.05) is 0 Å². The summed E-state index contributed by atoms with van der Waals surface area (Å²) < 4.78 is 0. The van der Waals surface area contributed by atoms with E-state index < -0.39 is 0 Å². The number of benzene rings is 1. The predicted molar refractivity (Wildman–Crippen MR) is 63.5 cm³/mol. The minimum Gasteiger partial charge on any atom is -0.365 e. The molecule has 3 N–H and O–H groups in total. The minimum absolute atomic E-state index is 0.251. The monoisotopic (exact) mass is 236 g/mol. The molecule has 6 nitrogen and oxygen atoms in total. The fourth-order valence-electron chi connectivity index (χ4n) is 1.22. The molecule has 0 atom stereocenters. The lowest BCUT2D eigenvalue weighted by atomic mass is 10.2. The Morgan fingerprint density at radius 3 is 2.69 bits per heavy atom. The van der Waals surface area contributed by atoms with Crippen LogP contribution in [-0.2, 0) is 6.54 Å². The second-order valence-electron chi connectivity index (χ2n) is 3.13. The third-order valence-corrected chi connectivity index (χ3v) is 2.83. The summed E-state index contributed by atoms with van der Waals surface area (Å²) in [6.07, 6.45) is 2.05. The summed E-state index contributed by atoms with van der Waals surface area (Å²) in [5, 5.41) is 10.7. The molecule has 0 bridgehead atoms. The maximum Gasteiger partial charge on any atom is 0.260 e. The van der Waals surface area contributed by atoms with Crippen molar-refractivity contribution in [2.75, 3.05) is 17.4 Å². The molecule has 0 radical (unpaired) electrons. The lowest BCUT2D eigenvalue weighted by molar-refractivity contribution is 0.693. The standard InChI is InChI=1S/C9H12N6S/c1-16-8-4-2-7(3-5-8)6-11-15-9(10)12-13-14-15/h2-5,11H,6H2,1H3,(H2,10,12,14). The maximum absolute atomic E-state index is 5.51. The number of anilines is 1. The largest absolute Gasteiger partial charge is 0.365 e. The lowest BCUT2D eigenvalue weighted by Gasteiger charge is -2.06. The molecule has 2 rings (SSSR count). The van der Waals surface area contributed by atoms with Gasteiger partial charge in [0.05, 0.1) is 6.54 Å². The van der Waals surface area contributed by atoms with E-state index >= 15 is 0 Å². The first-order valence-electron chi connectivity index (χ1n) is 4.70. The van der Waals surface area contributed by atoms with Crippen LogP contribution in [0.3, 0.4) is 0 Å². The van der Waals surface area contributed by atoms with Gasteiger partial charge in [0.15, 0.2) is 0 Å². The molecule has 0 aliphatic rings. The van der Waals surface area contributed by atoms with Gasteiger partial charge in [0.25, 0.3) is 5.95 Å². The first-order chi connectivity index (χ1) is 7.79. The lowest BCUT2D eigenvalue weighted by Crippen LogP contribution is -2.18. The van der Waals surface area contributed by atoms with Crippen molar-refractivity contribution in [1.82, 2.24) is 20.3 Å². The average Bonchev–Trinajstić information content (AvgIpc) is 2.73. The van der Waals surface area contributed by atoms with Gasteiger partial charge in [-0.25, -0.2) is 0 Å². The second kappa shape index (κ2) is 4.84. The van der Waals surface area contributed by atoms with Crippen LogP contribution in [0, 0.1) is 0 Å². The Bertz CT molecular complexity index is 451. The fraction of sp³-hybridized carbons (Fsp3) is 0.222. The molecule has 1 heterocycles. The summed E-state index contributed by atoms with van der Waals surface area (Å²) in [6.45, 7) is 0.629. The van der Waals surface area contributed by atoms with E-state index in [1.54, 1.807) is 11.8 Å². The summed E-state index contributed by atoms with van der Waals surface area (Å²) >= 11 is 1.72. The number of tetrazole rings is 1. The Labute approximate surface area is 97.2 Å². The molecular weight excluding hydrogens is 224 g/mol. The number of aromatic nitrogens is 4. The van der Waals surface area contributed by atoms with E-state index in [1.165, 1.54) is 9.69 Å². The first-order valence-corrected chi connectivity index (χ1v) is 5.93. The van der Waals surface area contributed by atoms with Crippen LogP contribution in [0.4, 0.5) is 5.95 Å². The van der Waals surface area contributed by atoms with Crippen LogP contribution in [0.2, 0.25) is 0 Å². The van der Waals surface area contributed by atoms with Crippen molar-refractivity contribution in [3.8, 4) is 0 Å². The predicted octanol–water partition coefficient (Wildman–Crippen LogP) is 0.721. The molecule has 0 fully saturated rings. The number of rotatable bonds is 4. The van der Waals surface area contributed by atoms with Crippen molar-refractivity contribution in [2.24, 2.45) is 0 Å². The molecular formula is C9H12N6S. The van der Waals surface area contributed by atoms with E-state index in [2.05, 4.69) is 51.5 Å². The Hall–Kier alpha value is -1.76. The van der Waals surface area contributed by atoms with Crippen LogP contribution < -0.4 is 11.2 Å². The number of thioether (sulfide) groups is 1. The fourth-order valence-corrected chi connectivity index (χ4v) is 1.62. The number of nitrogens with two attached hydrogens (primary N) is 1. The summed E-state index contributed by atoms with van der Waals surface area (Å²) in [5.41, 5.74) is 9.65. The third-order valence-electron chi connectivity index (χ3n) is 2.09. The number of nitrogen functional groups attached to an aromatic ring is 1. The molecule has 0 unspecified atom stereocenters. The van der Waals surface area contributed by atoms with Crippen molar-refractivity contribution in [1.29, 1.82) is 0 Å². The van der Waals surface area contributed by atoms with Crippen molar-refractivity contribution < 1.29 is 0 Å². The Morgan fingerprint density at radius 1 is 1.38 bits per heavy atom. The summed E-state index contributed by atoms with van der Waals surface area (Å²) in [7, 11) is 0. The SMILES string of the molecule is CSc1ccc(CNn2nnnc2N)cc1. The number of nitrogens with zero attached hydrogens (tertiary/aromatic N) is 4. The van der Waals surface area contributed by atoms with Gasteiger partial charge in [0.2, 0.25) is 0 Å². The maximum atomic E-state index is 5.51. The van der Waals surface area contributed by atoms with Crippen LogP contribution in [0.25, 0.3) is 0 Å². The van der Waals surface area contributed by atoms with Gasteiger partial charge in [-0.2, -0.15) is 0 Å². The summed E-state index contributed by atoms with van der Waals surface area (Å²) in [5.74, 6) is 0.251. The second-order valence-corrected chi connectivity index (χ2v) is 4.01. The third kappa shape index (κ3) is 2.43. The Morgan fingerprint density at radius 2 is 2.12 bits per heavy atom. The highest BCUT2D eigenvalue weighted by Gasteiger charge is 1.99. The van der Waals surface area contributed by atoms with E-state index in [0.717, 1.165) is 5.56 Å². The normalized spacial score (nSPS) is 10.3. The van der Waals surface area contributed by atoms with Crippen molar-refractivity contribution in [2.45, 2.75) is 11.4 Å². The summed E-state index contributed by atoms with van der Waals surface area (Å²) in [6, 6.07) is 8.26. The molecule has 0 spiro atoms. The number of nitrogens with one attached hydrogen (secondary N) is 1. The van der Waals surface area contributed by atoms with Gasteiger partial charge in [-0.3, -0.25) is 0 Å². The van der Waals surface area contributed by atoms with Gasteiger partial charge in [0, 0.05) is 4.90 Å². The van der Waals surface area contributed by atoms with Crippen LogP contribution in [-0.4, -0.2) is 26.6 Å². The van der Waals surface area contributed by atoms with Gasteiger partial charge in [-0.15, -0.1) is 16.6 Å². The molecule has 84 valence electrons. The van der Waals surface area contributed by atoms with Crippen LogP contribution in [0.5, 0.6) is 0 Å². The average molecular weight is 236 g/mol. The minimum atomic E-state index is 0.251. The Kier molecular flexibility index (Phi) is 3.25. The molecule has 0 amide bonds. The van der Waals surface area contributed by atoms with Crippen molar-refractivity contribution >= 4 is 17.7 Å². The zero-order chi connectivity index (χ0) is 11.4. The molecule has 0 saturated carbocycles. The van der Waals surface area contributed by atoms with Gasteiger partial charge in [0.1, 0.15) is 0 Å². The molecule has 0 saturated heterocycles. The Balaban J connectivity index is 1.97. The van der Waals surface area contributed by atoms with Crippen molar-refractivity contribution in [3.63, 3.8) is 0 Å². The smallest absolute Gasteiger partial charge is 0.260 e. The van der Waals surface area contributed by atoms with Gasteiger partial charge in [-0.1, -0.05) is 17.2 Å². The van der Waals surface area contributed by atoms with Crippen LogP contribution in [0.1, 0.15) is 5.56 Å². The number of hydrogen-bond acceptors (Lipinski definition) is 6. The molecule has 2 aromatic rings. The van der Waals surface area contributed by atoms with E-state index in [4.69, 9.17) is 5.73 Å². The van der Waals surface area contributed by atoms with Crippen LogP contribution in [0.15, 0.2) is 29.2 Å². The first kappa shape index (κ1) is 10.7. The molecule has 1 aromatic heterocycles. The molecule has 0 aliphatic heterocycles. The van der Waals surface area contributed by atoms with Crippen molar-refractivity contribution in [3.05, 3.63) is 29.8 Å². The molecule has 1 aromatic carbocycles. The van der Waals surface area contributed by atoms with E-state index in [-0.39, 0.29) is 5.95 Å². The molecule has 7 heteroatoms. The highest BCUT2D eigenvalue weighted by molar-refractivity contribution is 7.98. The zero-order valence-electron chi connectivity index (χ0n) is 8.79. The van der Waals surface area contributed by atoms with E-state index in [9.17, 15) is 0 Å². The van der Waals surface area contributed by atoms with Crippen LogP contribution >= 0.6 is 11.8 Å². The molecule has 0 aliphatic carbocycles. The number of hydrogen-bond donors (Lipinski definition) is 2. The highest BCUT2D eigenvalue weighted by atomic mass is 32.2. The molecule has 16 heavy (non-hydrogen) atoms. The van der Waals surface area contributed by atoms with E-state index in [0.29, 0.717) is 6.54 Å².